The SMILES string of the molecule is CC1(C)c2ccccc2-c2ccc(-c3cc4c5c(c3)c3ccc6c7ccccc7c7ccccc7c6c3n5-c3cccc5c3B4c3cc4c6ccccc6c6ccccc6c4c4c6c7c8ccccc8c8ccccc8c7ccc6n-5c34)cc21. The third kappa shape index (κ3) is 5.12. The van der Waals surface area contributed by atoms with Crippen LogP contribution in [0.2, 0.25) is 0 Å². The summed E-state index contributed by atoms with van der Waals surface area (Å²) in [5.41, 5.74) is 19.5. The molecule has 1 aliphatic carbocycles. The fourth-order valence-electron chi connectivity index (χ4n) is 17.4. The summed E-state index contributed by atoms with van der Waals surface area (Å²) in [6.45, 7) is 4.72. The van der Waals surface area contributed by atoms with Gasteiger partial charge in [-0.1, -0.05) is 232 Å². The maximum atomic E-state index is 2.72. The predicted octanol–water partition coefficient (Wildman–Crippen LogP) is 19.4. The van der Waals surface area contributed by atoms with Crippen molar-refractivity contribution < 1.29 is 0 Å². The van der Waals surface area contributed by atoms with E-state index in [2.05, 4.69) is 272 Å². The van der Waals surface area contributed by atoms with Crippen LogP contribution in [0.25, 0.3) is 174 Å². The van der Waals surface area contributed by atoms with E-state index >= 15 is 0 Å². The number of rotatable bonds is 1. The fourth-order valence-corrected chi connectivity index (χ4v) is 17.4. The number of nitrogens with zero attached hydrogens (tertiary/aromatic N) is 2. The monoisotopic (exact) mass is 1060 g/mol. The van der Waals surface area contributed by atoms with Gasteiger partial charge >= 0.3 is 0 Å². The van der Waals surface area contributed by atoms with Gasteiger partial charge in [0, 0.05) is 60.0 Å². The Labute approximate surface area is 482 Å². The molecule has 84 heavy (non-hydrogen) atoms. The Bertz CT molecular complexity index is 6140. The highest BCUT2D eigenvalue weighted by molar-refractivity contribution is 7.00. The van der Waals surface area contributed by atoms with E-state index in [0.717, 1.165) is 0 Å². The molecule has 0 saturated heterocycles. The van der Waals surface area contributed by atoms with Crippen LogP contribution in [0.15, 0.2) is 249 Å². The first-order valence-electron chi connectivity index (χ1n) is 29.8. The third-order valence-electron chi connectivity index (χ3n) is 20.8. The predicted molar refractivity (Wildman–Crippen MR) is 360 cm³/mol. The summed E-state index contributed by atoms with van der Waals surface area (Å²) in [5.74, 6) is 0. The van der Waals surface area contributed by atoms with Gasteiger partial charge in [-0.15, -0.1) is 0 Å². The number of aromatic nitrogens is 2. The molecule has 2 aliphatic heterocycles. The van der Waals surface area contributed by atoms with Gasteiger partial charge in [0.05, 0.1) is 16.6 Å². The summed E-state index contributed by atoms with van der Waals surface area (Å²) < 4.78 is 5.43. The Balaban J connectivity index is 0.994. The van der Waals surface area contributed by atoms with Crippen LogP contribution in [0.3, 0.4) is 0 Å². The van der Waals surface area contributed by atoms with Crippen molar-refractivity contribution in [3.8, 4) is 33.6 Å². The first kappa shape index (κ1) is 44.2. The minimum Gasteiger partial charge on any atom is -0.310 e. The molecule has 4 heterocycles. The average Bonchev–Trinajstić information content (AvgIpc) is 2.44. The summed E-state index contributed by atoms with van der Waals surface area (Å²) in [4.78, 5) is 0. The smallest absolute Gasteiger partial charge is 0.252 e. The van der Waals surface area contributed by atoms with Crippen molar-refractivity contribution in [1.82, 2.24) is 9.13 Å². The van der Waals surface area contributed by atoms with Crippen molar-refractivity contribution in [1.29, 1.82) is 0 Å². The van der Waals surface area contributed by atoms with Crippen molar-refractivity contribution in [3.05, 3.63) is 260 Å². The van der Waals surface area contributed by atoms with Gasteiger partial charge in [0.1, 0.15) is 0 Å². The molecule has 0 unspecified atom stereocenters. The van der Waals surface area contributed by atoms with Gasteiger partial charge in [-0.2, -0.15) is 0 Å². The van der Waals surface area contributed by atoms with Crippen molar-refractivity contribution in [3.63, 3.8) is 0 Å². The lowest BCUT2D eigenvalue weighted by Crippen LogP contribution is -2.59. The van der Waals surface area contributed by atoms with Crippen LogP contribution in [0, 0.1) is 0 Å². The van der Waals surface area contributed by atoms with Gasteiger partial charge in [-0.3, -0.25) is 0 Å². The zero-order valence-electron chi connectivity index (χ0n) is 46.1. The van der Waals surface area contributed by atoms with Crippen molar-refractivity contribution in [2.45, 2.75) is 19.3 Å². The highest BCUT2D eigenvalue weighted by Gasteiger charge is 2.43. The number of hydrogen-bond donors (Lipinski definition) is 0. The lowest BCUT2D eigenvalue weighted by molar-refractivity contribution is 0.660. The largest absolute Gasteiger partial charge is 0.310 e. The fraction of sp³-hybridized carbons (Fsp3) is 0.0370. The van der Waals surface area contributed by atoms with Gasteiger partial charge < -0.3 is 9.13 Å². The Hall–Kier alpha value is -10.5. The molecule has 21 rings (SSSR count). The summed E-state index contributed by atoms with van der Waals surface area (Å²) >= 11 is 0. The highest BCUT2D eigenvalue weighted by atomic mass is 15.0. The second-order valence-corrected chi connectivity index (χ2v) is 24.9. The molecule has 384 valence electrons. The molecular weight excluding hydrogens is 1010 g/mol. The van der Waals surface area contributed by atoms with E-state index in [1.54, 1.807) is 0 Å². The van der Waals surface area contributed by atoms with Gasteiger partial charge in [-0.05, 0) is 161 Å². The Morgan fingerprint density at radius 3 is 1.37 bits per heavy atom. The molecule has 0 atom stereocenters. The van der Waals surface area contributed by atoms with Crippen LogP contribution in [-0.2, 0) is 5.41 Å². The lowest BCUT2D eigenvalue weighted by Gasteiger charge is -2.34. The van der Waals surface area contributed by atoms with Crippen molar-refractivity contribution >= 4 is 164 Å². The molecule has 2 nitrogen and oxygen atoms in total. The van der Waals surface area contributed by atoms with Crippen LogP contribution in [-0.4, -0.2) is 15.8 Å². The average molecular weight is 1060 g/mol. The zero-order chi connectivity index (χ0) is 54.6. The lowest BCUT2D eigenvalue weighted by atomic mass is 9.34. The quantitative estimate of drug-likeness (QED) is 0.115. The number of hydrogen-bond acceptors (Lipinski definition) is 0. The Morgan fingerprint density at radius 2 is 0.738 bits per heavy atom. The molecule has 0 amide bonds. The molecule has 0 bridgehead atoms. The molecule has 3 heteroatoms. The minimum atomic E-state index is -0.144. The molecule has 0 saturated carbocycles. The van der Waals surface area contributed by atoms with E-state index in [1.807, 2.05) is 0 Å². The summed E-state index contributed by atoms with van der Waals surface area (Å²) in [6.07, 6.45) is 0. The molecule has 0 N–H and O–H groups in total. The molecule has 0 fully saturated rings. The van der Waals surface area contributed by atoms with Gasteiger partial charge in [-0.25, -0.2) is 0 Å². The van der Waals surface area contributed by atoms with E-state index in [0.29, 0.717) is 0 Å². The van der Waals surface area contributed by atoms with Gasteiger partial charge in [0.2, 0.25) is 0 Å². The summed E-state index contributed by atoms with van der Waals surface area (Å²) in [7, 11) is 0. The molecule has 16 aromatic carbocycles. The van der Waals surface area contributed by atoms with E-state index in [-0.39, 0.29) is 12.1 Å². The number of benzene rings is 16. The first-order chi connectivity index (χ1) is 41.5. The van der Waals surface area contributed by atoms with Crippen LogP contribution >= 0.6 is 0 Å². The van der Waals surface area contributed by atoms with Gasteiger partial charge in [0.15, 0.2) is 0 Å². The second kappa shape index (κ2) is 15.1. The molecule has 2 aromatic heterocycles. The molecule has 3 aliphatic rings. The molecule has 18 aromatic rings. The van der Waals surface area contributed by atoms with Crippen molar-refractivity contribution in [2.24, 2.45) is 0 Å². The maximum absolute atomic E-state index is 2.72. The minimum absolute atomic E-state index is 0.104. The van der Waals surface area contributed by atoms with Crippen LogP contribution in [0.5, 0.6) is 0 Å². The summed E-state index contributed by atoms with van der Waals surface area (Å²) in [5, 5.41) is 28.5. The summed E-state index contributed by atoms with van der Waals surface area (Å²) in [6, 6.07) is 96.1. The van der Waals surface area contributed by atoms with Crippen molar-refractivity contribution in [2.75, 3.05) is 0 Å². The number of fused-ring (bicyclic) bond motifs is 34. The topological polar surface area (TPSA) is 9.86 Å². The van der Waals surface area contributed by atoms with E-state index in [1.165, 1.54) is 202 Å². The van der Waals surface area contributed by atoms with Crippen LogP contribution in [0.1, 0.15) is 25.0 Å². The van der Waals surface area contributed by atoms with E-state index in [4.69, 9.17) is 0 Å². The van der Waals surface area contributed by atoms with E-state index < -0.39 is 0 Å². The molecular formula is C81H47BN2. The Kier molecular flexibility index (Phi) is 7.97. The van der Waals surface area contributed by atoms with Crippen LogP contribution in [0.4, 0.5) is 0 Å². The Morgan fingerprint density at radius 1 is 0.274 bits per heavy atom. The highest BCUT2D eigenvalue weighted by Crippen LogP contribution is 2.53. The molecule has 0 spiro atoms. The third-order valence-corrected chi connectivity index (χ3v) is 20.8. The van der Waals surface area contributed by atoms with Crippen LogP contribution < -0.4 is 16.4 Å². The normalized spacial score (nSPS) is 13.9. The molecule has 0 radical (unpaired) electrons. The zero-order valence-corrected chi connectivity index (χ0v) is 46.1. The maximum Gasteiger partial charge on any atom is 0.252 e. The van der Waals surface area contributed by atoms with E-state index in [9.17, 15) is 0 Å². The standard InChI is InChI=1S/C81H47BN2/c1-81(2)65-31-16-15-27-55(65)56-35-34-44(41-66(56)81)45-40-64-62-37-36-61-53-25-7-4-19-47(53)51-23-11-14-30-59(51)74(61)79(62)84-71-33-17-32-70-77(71)82(67(42-45)78(64)84)68-43-63-54-26-8-5-20-48(54)50-22-10-13-29-58(50)73(63)76-75-69(83(70)80(68)76)39-38-60-52-24-6-3-18-46(52)49-21-9-12-28-57(49)72(60)75/h3-43H,1-2H3. The van der Waals surface area contributed by atoms with Gasteiger partial charge in [0.25, 0.3) is 6.71 Å². The second-order valence-electron chi connectivity index (χ2n) is 24.9. The first-order valence-corrected chi connectivity index (χ1v) is 29.8.